The number of hydrogen-bond donors (Lipinski definition) is 3. The van der Waals surface area contributed by atoms with E-state index in [1.807, 2.05) is 13.8 Å². The number of piperidine rings is 1. The van der Waals surface area contributed by atoms with Crippen molar-refractivity contribution in [2.24, 2.45) is 5.41 Å². The van der Waals surface area contributed by atoms with Gasteiger partial charge in [-0.25, -0.2) is 14.8 Å². The first kappa shape index (κ1) is 25.6. The van der Waals surface area contributed by atoms with Crippen LogP contribution in [0.15, 0.2) is 63.6 Å². The van der Waals surface area contributed by atoms with E-state index in [4.69, 9.17) is 11.6 Å². The summed E-state index contributed by atoms with van der Waals surface area (Å²) in [5, 5.41) is 12.9. The number of benzene rings is 1. The number of aromatic nitrogens is 3. The molecule has 0 bridgehead atoms. The van der Waals surface area contributed by atoms with E-state index >= 15 is 0 Å². The molecule has 3 aromatic rings. The van der Waals surface area contributed by atoms with Crippen LogP contribution in [0.25, 0.3) is 0 Å². The van der Waals surface area contributed by atoms with E-state index in [0.717, 1.165) is 44.6 Å². The highest BCUT2D eigenvalue weighted by Gasteiger charge is 2.49. The lowest BCUT2D eigenvalue weighted by atomic mass is 9.66. The fourth-order valence-electron chi connectivity index (χ4n) is 5.91. The minimum atomic E-state index is -0.985. The van der Waals surface area contributed by atoms with Crippen LogP contribution < -0.4 is 15.8 Å². The first-order valence-electron chi connectivity index (χ1n) is 12.4. The van der Waals surface area contributed by atoms with Crippen molar-refractivity contribution in [3.05, 3.63) is 75.4 Å². The van der Waals surface area contributed by atoms with Gasteiger partial charge in [0.1, 0.15) is 15.9 Å². The van der Waals surface area contributed by atoms with E-state index in [-0.39, 0.29) is 21.9 Å². The lowest BCUT2D eigenvalue weighted by Crippen LogP contribution is -2.48. The van der Waals surface area contributed by atoms with Crippen LogP contribution in [0.4, 0.5) is 10.6 Å². The number of halogens is 1. The molecule has 1 aliphatic heterocycles. The zero-order valence-electron chi connectivity index (χ0n) is 20.8. The second-order valence-corrected chi connectivity index (χ2v) is 12.0. The molecule has 2 aliphatic rings. The average Bonchev–Trinajstić information content (AvgIpc) is 3.14. The molecule has 3 heterocycles. The smallest absolute Gasteiger partial charge is 0.405 e. The first-order valence-corrected chi connectivity index (χ1v) is 13.6. The van der Waals surface area contributed by atoms with Gasteiger partial charge < -0.3 is 20.3 Å². The summed E-state index contributed by atoms with van der Waals surface area (Å²) in [6.07, 6.45) is 7.84. The van der Waals surface area contributed by atoms with Gasteiger partial charge in [0.15, 0.2) is 0 Å². The van der Waals surface area contributed by atoms with E-state index in [0.29, 0.717) is 9.92 Å². The van der Waals surface area contributed by atoms with Crippen LogP contribution in [0.1, 0.15) is 50.2 Å². The zero-order chi connectivity index (χ0) is 26.2. The Morgan fingerprint density at radius 1 is 1.24 bits per heavy atom. The van der Waals surface area contributed by atoms with Gasteiger partial charge in [-0.1, -0.05) is 47.6 Å². The normalized spacial score (nSPS) is 18.6. The topological polar surface area (TPSA) is 111 Å². The highest BCUT2D eigenvalue weighted by molar-refractivity contribution is 7.99. The molecule has 1 fully saturated rings. The third kappa shape index (κ3) is 5.33. The lowest BCUT2D eigenvalue weighted by molar-refractivity contribution is 0.143. The zero-order valence-corrected chi connectivity index (χ0v) is 22.4. The van der Waals surface area contributed by atoms with Crippen LogP contribution in [0.5, 0.6) is 0 Å². The van der Waals surface area contributed by atoms with Crippen LogP contribution in [-0.4, -0.2) is 44.8 Å². The molecule has 8 nitrogen and oxygen atoms in total. The lowest BCUT2D eigenvalue weighted by Gasteiger charge is -2.45. The maximum atomic E-state index is 11.7. The molecule has 1 aromatic carbocycles. The number of hydrogen-bond acceptors (Lipinski definition) is 6. The number of amides is 1. The van der Waals surface area contributed by atoms with Gasteiger partial charge in [0.05, 0.1) is 12.4 Å². The van der Waals surface area contributed by atoms with Crippen molar-refractivity contribution in [1.82, 2.24) is 20.3 Å². The summed E-state index contributed by atoms with van der Waals surface area (Å²) < 4.78 is 0. The standard InChI is InChI=1S/C27H30ClN5O3S/c1-26(2,32-25(35)36)14-19-18-6-4-3-5-17(18)13-27(19)8-11-33(12-9-27)21-15-31-22(16-30-21)37-20-7-10-29-24(34)23(20)28/h3-7,10,15-16,19,32H,8-9,11-14H2,1-2H3,(H,29,34)(H,35,36)/t19-/m1/s1. The number of pyridine rings is 1. The van der Waals surface area contributed by atoms with Gasteiger partial charge in [0.25, 0.3) is 5.56 Å². The molecule has 10 heteroatoms. The van der Waals surface area contributed by atoms with Crippen LogP contribution in [0.2, 0.25) is 5.02 Å². The highest BCUT2D eigenvalue weighted by atomic mass is 35.5. The van der Waals surface area contributed by atoms with Crippen LogP contribution in [-0.2, 0) is 6.42 Å². The summed E-state index contributed by atoms with van der Waals surface area (Å²) in [4.78, 5) is 37.8. The molecule has 1 atom stereocenters. The van der Waals surface area contributed by atoms with Crippen molar-refractivity contribution in [2.45, 2.75) is 60.9 Å². The third-order valence-electron chi connectivity index (χ3n) is 7.65. The maximum absolute atomic E-state index is 11.7. The van der Waals surface area contributed by atoms with Crippen molar-refractivity contribution >= 4 is 35.3 Å². The predicted molar refractivity (Wildman–Crippen MR) is 145 cm³/mol. The van der Waals surface area contributed by atoms with Crippen molar-refractivity contribution < 1.29 is 9.90 Å². The molecular weight excluding hydrogens is 510 g/mol. The predicted octanol–water partition coefficient (Wildman–Crippen LogP) is 5.33. The molecule has 0 unspecified atom stereocenters. The molecule has 3 N–H and O–H groups in total. The summed E-state index contributed by atoms with van der Waals surface area (Å²) in [6, 6.07) is 10.4. The quantitative estimate of drug-likeness (QED) is 0.388. The first-order chi connectivity index (χ1) is 17.7. The number of carboxylic acid groups (broad SMARTS) is 1. The van der Waals surface area contributed by atoms with Crippen molar-refractivity contribution in [3.63, 3.8) is 0 Å². The minimum Gasteiger partial charge on any atom is -0.465 e. The highest BCUT2D eigenvalue weighted by Crippen LogP contribution is 2.56. The number of nitrogens with one attached hydrogen (secondary N) is 2. The van der Waals surface area contributed by atoms with Gasteiger partial charge in [-0.3, -0.25) is 4.79 Å². The number of carbonyl (C=O) groups is 1. The molecule has 1 saturated heterocycles. The van der Waals surface area contributed by atoms with Gasteiger partial charge in [0.2, 0.25) is 0 Å². The van der Waals surface area contributed by atoms with Crippen LogP contribution in [0.3, 0.4) is 0 Å². The molecule has 1 amide bonds. The second-order valence-electron chi connectivity index (χ2n) is 10.6. The summed E-state index contributed by atoms with van der Waals surface area (Å²) in [5.41, 5.74) is 1.98. The fraction of sp³-hybridized carbons (Fsp3) is 0.407. The summed E-state index contributed by atoms with van der Waals surface area (Å²) in [7, 11) is 0. The molecule has 0 radical (unpaired) electrons. The Morgan fingerprint density at radius 3 is 2.70 bits per heavy atom. The second kappa shape index (κ2) is 10.0. The SMILES string of the molecule is CC(C)(C[C@@H]1c2ccccc2CC12CCN(c1cnc(Sc3cc[nH]c(=O)c3Cl)cn1)CC2)NC(=O)O. The third-order valence-corrected chi connectivity index (χ3v) is 9.12. The molecule has 2 aromatic heterocycles. The number of H-pyrrole nitrogens is 1. The molecule has 5 rings (SSSR count). The number of aromatic amines is 1. The molecule has 1 aliphatic carbocycles. The van der Waals surface area contributed by atoms with Crippen LogP contribution in [0, 0.1) is 5.41 Å². The Bertz CT molecular complexity index is 1350. The van der Waals surface area contributed by atoms with E-state index in [1.165, 1.54) is 22.9 Å². The molecule has 37 heavy (non-hydrogen) atoms. The van der Waals surface area contributed by atoms with Gasteiger partial charge in [0, 0.05) is 29.7 Å². The van der Waals surface area contributed by atoms with Crippen molar-refractivity contribution in [3.8, 4) is 0 Å². The summed E-state index contributed by atoms with van der Waals surface area (Å²) in [6.45, 7) is 5.66. The van der Waals surface area contributed by atoms with Crippen molar-refractivity contribution in [2.75, 3.05) is 18.0 Å². The van der Waals surface area contributed by atoms with E-state index in [1.54, 1.807) is 24.7 Å². The average molecular weight is 540 g/mol. The van der Waals surface area contributed by atoms with Gasteiger partial charge in [-0.05, 0) is 68.1 Å². The fourth-order valence-corrected chi connectivity index (χ4v) is 6.90. The summed E-state index contributed by atoms with van der Waals surface area (Å²) in [5.74, 6) is 1.12. The molecule has 194 valence electrons. The largest absolute Gasteiger partial charge is 0.465 e. The van der Waals surface area contributed by atoms with E-state index < -0.39 is 11.6 Å². The van der Waals surface area contributed by atoms with Gasteiger partial charge in [-0.2, -0.15) is 0 Å². The maximum Gasteiger partial charge on any atom is 0.405 e. The minimum absolute atomic E-state index is 0.0952. The number of rotatable bonds is 6. The monoisotopic (exact) mass is 539 g/mol. The number of nitrogens with zero attached hydrogens (tertiary/aromatic N) is 3. The Kier molecular flexibility index (Phi) is 6.93. The molecular formula is C27H30ClN5O3S. The van der Waals surface area contributed by atoms with E-state index in [9.17, 15) is 14.7 Å². The number of anilines is 1. The Labute approximate surface area is 224 Å². The van der Waals surface area contributed by atoms with Gasteiger partial charge in [-0.15, -0.1) is 0 Å². The number of fused-ring (bicyclic) bond motifs is 1. The summed E-state index contributed by atoms with van der Waals surface area (Å²) >= 11 is 7.42. The molecule has 1 spiro atoms. The Balaban J connectivity index is 1.30. The van der Waals surface area contributed by atoms with Crippen LogP contribution >= 0.6 is 23.4 Å². The van der Waals surface area contributed by atoms with E-state index in [2.05, 4.69) is 49.4 Å². The van der Waals surface area contributed by atoms with Crippen molar-refractivity contribution in [1.29, 1.82) is 0 Å². The Hall–Kier alpha value is -3.04. The Morgan fingerprint density at radius 2 is 2.00 bits per heavy atom. The van der Waals surface area contributed by atoms with Gasteiger partial charge >= 0.3 is 6.09 Å². The molecule has 0 saturated carbocycles.